The van der Waals surface area contributed by atoms with E-state index < -0.39 is 5.97 Å². The molecule has 10 nitrogen and oxygen atoms in total. The van der Waals surface area contributed by atoms with Crippen LogP contribution in [0.4, 0.5) is 0 Å². The summed E-state index contributed by atoms with van der Waals surface area (Å²) in [6.45, 7) is 2.09. The van der Waals surface area contributed by atoms with Crippen molar-refractivity contribution in [2.24, 2.45) is 0 Å². The summed E-state index contributed by atoms with van der Waals surface area (Å²) in [6.07, 6.45) is 2.93. The van der Waals surface area contributed by atoms with Gasteiger partial charge in [0.2, 0.25) is 0 Å². The van der Waals surface area contributed by atoms with E-state index in [4.69, 9.17) is 23.9 Å². The Morgan fingerprint density at radius 2 is 1.79 bits per heavy atom. The number of carbonyl (C=O) groups excluding carboxylic acids is 1. The molecule has 0 saturated heterocycles. The van der Waals surface area contributed by atoms with Crippen molar-refractivity contribution in [3.63, 3.8) is 0 Å². The van der Waals surface area contributed by atoms with E-state index in [-0.39, 0.29) is 30.2 Å². The molecule has 34 heavy (non-hydrogen) atoms. The van der Waals surface area contributed by atoms with Crippen LogP contribution in [0.25, 0.3) is 22.0 Å². The van der Waals surface area contributed by atoms with E-state index in [1.165, 1.54) is 32.9 Å². The van der Waals surface area contributed by atoms with Crippen LogP contribution in [0.1, 0.15) is 23.0 Å². The number of fused-ring (bicyclic) bond motifs is 1. The SMILES string of the molecule is CCOC(=O)c1c(Cn2cncn2)nc2cc(O)c(OC)cc2c1-c1ccc(OC)c(OC)c1. The second-order valence-electron chi connectivity index (χ2n) is 7.23. The average molecular weight is 464 g/mol. The number of ether oxygens (including phenoxy) is 4. The number of methoxy groups -OCH3 is 3. The molecule has 2 heterocycles. The van der Waals surface area contributed by atoms with Crippen molar-refractivity contribution in [2.75, 3.05) is 27.9 Å². The Bertz CT molecular complexity index is 1340. The van der Waals surface area contributed by atoms with E-state index in [2.05, 4.69) is 10.1 Å². The van der Waals surface area contributed by atoms with Crippen molar-refractivity contribution < 1.29 is 28.8 Å². The summed E-state index contributed by atoms with van der Waals surface area (Å²) in [7, 11) is 4.54. The first-order valence-corrected chi connectivity index (χ1v) is 10.5. The number of benzene rings is 2. The smallest absolute Gasteiger partial charge is 0.340 e. The summed E-state index contributed by atoms with van der Waals surface area (Å²) in [5, 5.41) is 15.1. The van der Waals surface area contributed by atoms with E-state index >= 15 is 0 Å². The van der Waals surface area contributed by atoms with Gasteiger partial charge >= 0.3 is 5.97 Å². The zero-order chi connectivity index (χ0) is 24.2. The molecule has 0 aliphatic rings. The molecule has 0 bridgehead atoms. The fourth-order valence-electron chi connectivity index (χ4n) is 3.79. The number of nitrogens with zero attached hydrogens (tertiary/aromatic N) is 4. The molecular weight excluding hydrogens is 440 g/mol. The van der Waals surface area contributed by atoms with E-state index in [0.29, 0.717) is 39.2 Å². The third-order valence-electron chi connectivity index (χ3n) is 5.29. The molecule has 2 aromatic heterocycles. The van der Waals surface area contributed by atoms with Crippen LogP contribution >= 0.6 is 0 Å². The monoisotopic (exact) mass is 464 g/mol. The van der Waals surface area contributed by atoms with Crippen LogP contribution < -0.4 is 14.2 Å². The van der Waals surface area contributed by atoms with Crippen molar-refractivity contribution in [1.82, 2.24) is 19.7 Å². The molecule has 0 radical (unpaired) electrons. The standard InChI is InChI=1S/C24H24N4O6/c1-5-34-24(30)23-17(11-28-13-25-12-26-28)27-16-10-18(29)20(32-3)9-15(16)22(23)14-6-7-19(31-2)21(8-14)33-4/h6-10,12-13,29H,5,11H2,1-4H3. The maximum atomic E-state index is 13.3. The van der Waals surface area contributed by atoms with Crippen LogP contribution in [0.3, 0.4) is 0 Å². The molecule has 0 amide bonds. The lowest BCUT2D eigenvalue weighted by molar-refractivity contribution is 0.0525. The molecule has 2 aromatic carbocycles. The molecule has 0 aliphatic heterocycles. The van der Waals surface area contributed by atoms with Crippen molar-refractivity contribution in [1.29, 1.82) is 0 Å². The van der Waals surface area contributed by atoms with E-state index in [0.717, 1.165) is 0 Å². The minimum atomic E-state index is -0.538. The van der Waals surface area contributed by atoms with Gasteiger partial charge in [0.15, 0.2) is 23.0 Å². The van der Waals surface area contributed by atoms with Crippen molar-refractivity contribution in [3.05, 3.63) is 54.2 Å². The molecule has 0 spiro atoms. The predicted molar refractivity (Wildman–Crippen MR) is 124 cm³/mol. The van der Waals surface area contributed by atoms with E-state index in [1.807, 2.05) is 6.07 Å². The van der Waals surface area contributed by atoms with E-state index in [1.54, 1.807) is 36.9 Å². The minimum absolute atomic E-state index is 0.0728. The summed E-state index contributed by atoms with van der Waals surface area (Å²) in [5.41, 5.74) is 2.36. The third kappa shape index (κ3) is 4.17. The highest BCUT2D eigenvalue weighted by Gasteiger charge is 2.26. The number of phenolic OH excluding ortho intramolecular Hbond substituents is 1. The number of hydrogen-bond donors (Lipinski definition) is 1. The fraction of sp³-hybridized carbons (Fsp3) is 0.250. The molecule has 0 unspecified atom stereocenters. The summed E-state index contributed by atoms with van der Waals surface area (Å²) >= 11 is 0. The molecule has 4 rings (SSSR count). The Morgan fingerprint density at radius 1 is 1.03 bits per heavy atom. The van der Waals surface area contributed by atoms with Gasteiger partial charge in [-0.1, -0.05) is 6.07 Å². The number of aromatic hydroxyl groups is 1. The van der Waals surface area contributed by atoms with Crippen LogP contribution in [-0.4, -0.2) is 58.8 Å². The summed E-state index contributed by atoms with van der Waals surface area (Å²) < 4.78 is 23.2. The number of rotatable bonds is 8. The topological polar surface area (TPSA) is 118 Å². The maximum absolute atomic E-state index is 13.3. The Morgan fingerprint density at radius 3 is 2.44 bits per heavy atom. The molecule has 0 aliphatic carbocycles. The van der Waals surface area contributed by atoms with Gasteiger partial charge in [-0.3, -0.25) is 0 Å². The lowest BCUT2D eigenvalue weighted by Gasteiger charge is -2.18. The van der Waals surface area contributed by atoms with Crippen molar-refractivity contribution in [2.45, 2.75) is 13.5 Å². The van der Waals surface area contributed by atoms with Crippen LogP contribution in [0.2, 0.25) is 0 Å². The quantitative estimate of drug-likeness (QED) is 0.391. The second-order valence-corrected chi connectivity index (χ2v) is 7.23. The van der Waals surface area contributed by atoms with Gasteiger partial charge in [-0.15, -0.1) is 0 Å². The predicted octanol–water partition coefficient (Wildman–Crippen LogP) is 3.45. The first kappa shape index (κ1) is 22.8. The largest absolute Gasteiger partial charge is 0.504 e. The van der Waals surface area contributed by atoms with Crippen LogP contribution in [-0.2, 0) is 11.3 Å². The van der Waals surface area contributed by atoms with Crippen LogP contribution in [0.15, 0.2) is 43.0 Å². The van der Waals surface area contributed by atoms with E-state index in [9.17, 15) is 9.90 Å². The summed E-state index contributed by atoms with van der Waals surface area (Å²) in [4.78, 5) is 21.9. The lowest BCUT2D eigenvalue weighted by Crippen LogP contribution is -2.15. The maximum Gasteiger partial charge on any atom is 0.340 e. The summed E-state index contributed by atoms with van der Waals surface area (Å²) in [6, 6.07) is 8.49. The first-order valence-electron chi connectivity index (χ1n) is 10.5. The number of phenols is 1. The minimum Gasteiger partial charge on any atom is -0.504 e. The zero-order valence-electron chi connectivity index (χ0n) is 19.2. The molecule has 176 valence electrons. The van der Waals surface area contributed by atoms with Gasteiger partial charge in [0.1, 0.15) is 12.7 Å². The lowest BCUT2D eigenvalue weighted by atomic mass is 9.93. The molecule has 0 saturated carbocycles. The molecule has 0 atom stereocenters. The Kier molecular flexibility index (Phi) is 6.48. The average Bonchev–Trinajstić information content (AvgIpc) is 3.35. The number of hydrogen-bond acceptors (Lipinski definition) is 9. The third-order valence-corrected chi connectivity index (χ3v) is 5.29. The molecular formula is C24H24N4O6. The van der Waals surface area contributed by atoms with Gasteiger partial charge < -0.3 is 24.1 Å². The highest BCUT2D eigenvalue weighted by molar-refractivity contribution is 6.08. The van der Waals surface area contributed by atoms with Gasteiger partial charge in [-0.25, -0.2) is 19.4 Å². The van der Waals surface area contributed by atoms with Gasteiger partial charge in [-0.2, -0.15) is 5.10 Å². The molecule has 4 aromatic rings. The normalized spacial score (nSPS) is 10.8. The fourth-order valence-corrected chi connectivity index (χ4v) is 3.79. The van der Waals surface area contributed by atoms with Crippen molar-refractivity contribution in [3.8, 4) is 34.1 Å². The van der Waals surface area contributed by atoms with Gasteiger partial charge in [0.25, 0.3) is 0 Å². The van der Waals surface area contributed by atoms with Gasteiger partial charge in [0, 0.05) is 17.0 Å². The number of aromatic nitrogens is 4. The van der Waals surface area contributed by atoms with Gasteiger partial charge in [-0.05, 0) is 30.7 Å². The van der Waals surface area contributed by atoms with Crippen molar-refractivity contribution >= 4 is 16.9 Å². The molecule has 1 N–H and O–H groups in total. The number of carbonyl (C=O) groups is 1. The first-order chi connectivity index (χ1) is 16.5. The highest BCUT2D eigenvalue weighted by Crippen LogP contribution is 2.41. The number of pyridine rings is 1. The molecule has 10 heteroatoms. The Labute approximate surface area is 195 Å². The highest BCUT2D eigenvalue weighted by atomic mass is 16.5. The number of esters is 1. The Hall–Kier alpha value is -4.34. The summed E-state index contributed by atoms with van der Waals surface area (Å²) in [5.74, 6) is 0.666. The Balaban J connectivity index is 2.10. The molecule has 0 fully saturated rings. The van der Waals surface area contributed by atoms with Crippen LogP contribution in [0, 0.1) is 0 Å². The second kappa shape index (κ2) is 9.65. The van der Waals surface area contributed by atoms with Gasteiger partial charge in [0.05, 0.1) is 51.3 Å². The van der Waals surface area contributed by atoms with Crippen LogP contribution in [0.5, 0.6) is 23.0 Å². The zero-order valence-corrected chi connectivity index (χ0v) is 19.2.